The Labute approximate surface area is 174 Å². The number of anilines is 1. The maximum Gasteiger partial charge on any atom is 0.270 e. The number of halogens is 1. The van der Waals surface area contributed by atoms with E-state index in [1.807, 2.05) is 6.07 Å². The Morgan fingerprint density at radius 2 is 2.10 bits per heavy atom. The molecule has 1 aliphatic carbocycles. The minimum absolute atomic E-state index is 0.104. The summed E-state index contributed by atoms with van der Waals surface area (Å²) >= 11 is 6.11. The molecule has 1 fully saturated rings. The lowest BCUT2D eigenvalue weighted by atomic mass is 10.1. The Kier molecular flexibility index (Phi) is 6.81. The molecular weight excluding hydrogens is 392 g/mol. The first-order chi connectivity index (χ1) is 14.0. The van der Waals surface area contributed by atoms with Crippen molar-refractivity contribution in [2.24, 2.45) is 5.92 Å². The summed E-state index contributed by atoms with van der Waals surface area (Å²) in [6, 6.07) is 11.9. The molecule has 2 N–H and O–H groups in total. The third-order valence-corrected chi connectivity index (χ3v) is 4.82. The quantitative estimate of drug-likeness (QED) is 0.645. The van der Waals surface area contributed by atoms with Crippen LogP contribution in [0.5, 0.6) is 0 Å². The topological polar surface area (TPSA) is 104 Å². The van der Waals surface area contributed by atoms with Gasteiger partial charge in [0.15, 0.2) is 5.56 Å². The average molecular weight is 413 g/mol. The Morgan fingerprint density at radius 3 is 2.83 bits per heavy atom. The standard InChI is InChI=1S/C21H21ClN4O3/c1-13-5-8-17(18(25-13)21(28)24-12-14-6-7-14)20(27)26-16-4-2-3-15(11-16)19(22)29-10-9-23/h2-5,8,11,14,19H,6-7,10,12H2,1H3,(H,24,28)(H,26,27). The molecule has 8 heteroatoms. The van der Waals surface area contributed by atoms with E-state index in [4.69, 9.17) is 21.6 Å². The minimum atomic E-state index is -0.809. The van der Waals surface area contributed by atoms with Crippen LogP contribution >= 0.6 is 11.6 Å². The first-order valence-corrected chi connectivity index (χ1v) is 9.71. The highest BCUT2D eigenvalue weighted by atomic mass is 35.5. The number of benzene rings is 1. The first-order valence-electron chi connectivity index (χ1n) is 9.27. The van der Waals surface area contributed by atoms with Gasteiger partial charge in [0.1, 0.15) is 12.3 Å². The zero-order valence-electron chi connectivity index (χ0n) is 15.9. The third-order valence-electron chi connectivity index (χ3n) is 4.44. The van der Waals surface area contributed by atoms with Crippen LogP contribution in [0.3, 0.4) is 0 Å². The zero-order valence-corrected chi connectivity index (χ0v) is 16.7. The summed E-state index contributed by atoms with van der Waals surface area (Å²) in [5.74, 6) is -0.281. The van der Waals surface area contributed by atoms with Crippen molar-refractivity contribution in [3.05, 3.63) is 58.9 Å². The highest BCUT2D eigenvalue weighted by molar-refractivity contribution is 6.20. The molecule has 2 amide bonds. The molecule has 1 unspecified atom stereocenters. The fourth-order valence-corrected chi connectivity index (χ4v) is 2.92. The molecule has 1 atom stereocenters. The lowest BCUT2D eigenvalue weighted by Gasteiger charge is -2.13. The van der Waals surface area contributed by atoms with Crippen LogP contribution in [0.25, 0.3) is 0 Å². The van der Waals surface area contributed by atoms with Gasteiger partial charge >= 0.3 is 0 Å². The second-order valence-electron chi connectivity index (χ2n) is 6.87. The predicted molar refractivity (Wildman–Crippen MR) is 109 cm³/mol. The van der Waals surface area contributed by atoms with Crippen molar-refractivity contribution in [3.63, 3.8) is 0 Å². The molecule has 1 aromatic heterocycles. The van der Waals surface area contributed by atoms with Gasteiger partial charge in [0.05, 0.1) is 11.6 Å². The lowest BCUT2D eigenvalue weighted by Crippen LogP contribution is -2.29. The molecule has 1 aromatic carbocycles. The number of hydrogen-bond donors (Lipinski definition) is 2. The van der Waals surface area contributed by atoms with E-state index >= 15 is 0 Å². The van der Waals surface area contributed by atoms with E-state index < -0.39 is 11.5 Å². The van der Waals surface area contributed by atoms with Gasteiger partial charge in [-0.1, -0.05) is 23.7 Å². The maximum atomic E-state index is 12.8. The van der Waals surface area contributed by atoms with Crippen molar-refractivity contribution in [2.75, 3.05) is 18.5 Å². The van der Waals surface area contributed by atoms with Crippen LogP contribution in [0.2, 0.25) is 0 Å². The summed E-state index contributed by atoms with van der Waals surface area (Å²) in [5.41, 5.74) is 1.23. The SMILES string of the molecule is Cc1ccc(C(=O)Nc2cccc(C(Cl)OCC#N)c2)c(C(=O)NCC2CC2)n1. The molecular formula is C21H21ClN4O3. The molecule has 1 aliphatic rings. The fraction of sp³-hybridized carbons (Fsp3) is 0.333. The smallest absolute Gasteiger partial charge is 0.270 e. The van der Waals surface area contributed by atoms with Crippen molar-refractivity contribution < 1.29 is 14.3 Å². The van der Waals surface area contributed by atoms with Crippen LogP contribution in [0.1, 0.15) is 50.5 Å². The van der Waals surface area contributed by atoms with Gasteiger partial charge in [0, 0.05) is 17.9 Å². The molecule has 29 heavy (non-hydrogen) atoms. The lowest BCUT2D eigenvalue weighted by molar-refractivity contribution is 0.0933. The normalized spacial score (nSPS) is 14.0. The van der Waals surface area contributed by atoms with E-state index in [2.05, 4.69) is 15.6 Å². The van der Waals surface area contributed by atoms with Crippen molar-refractivity contribution in [2.45, 2.75) is 25.3 Å². The molecule has 0 saturated heterocycles. The van der Waals surface area contributed by atoms with Gasteiger partial charge in [0.2, 0.25) is 0 Å². The van der Waals surface area contributed by atoms with Gasteiger partial charge < -0.3 is 15.4 Å². The molecule has 1 saturated carbocycles. The van der Waals surface area contributed by atoms with Crippen LogP contribution in [0, 0.1) is 24.2 Å². The van der Waals surface area contributed by atoms with Gasteiger partial charge in [0.25, 0.3) is 11.8 Å². The number of pyridine rings is 1. The molecule has 0 aliphatic heterocycles. The monoisotopic (exact) mass is 412 g/mol. The fourth-order valence-electron chi connectivity index (χ4n) is 2.72. The number of ether oxygens (including phenoxy) is 1. The van der Waals surface area contributed by atoms with E-state index in [1.165, 1.54) is 0 Å². The number of nitrogens with zero attached hydrogens (tertiary/aromatic N) is 2. The summed E-state index contributed by atoms with van der Waals surface area (Å²) in [6.45, 7) is 2.22. The molecule has 7 nitrogen and oxygen atoms in total. The van der Waals surface area contributed by atoms with Gasteiger partial charge in [-0.3, -0.25) is 9.59 Å². The van der Waals surface area contributed by atoms with Crippen LogP contribution in [0.4, 0.5) is 5.69 Å². The van der Waals surface area contributed by atoms with Gasteiger partial charge in [-0.15, -0.1) is 0 Å². The maximum absolute atomic E-state index is 12.8. The second kappa shape index (κ2) is 9.50. The minimum Gasteiger partial charge on any atom is -0.350 e. The van der Waals surface area contributed by atoms with Crippen molar-refractivity contribution in [1.82, 2.24) is 10.3 Å². The zero-order chi connectivity index (χ0) is 20.8. The highest BCUT2D eigenvalue weighted by Gasteiger charge is 2.24. The number of aryl methyl sites for hydroxylation is 1. The number of carbonyl (C=O) groups is 2. The number of amides is 2. The number of carbonyl (C=O) groups excluding carboxylic acids is 2. The van der Waals surface area contributed by atoms with E-state index in [-0.39, 0.29) is 23.8 Å². The number of rotatable bonds is 8. The highest BCUT2D eigenvalue weighted by Crippen LogP contribution is 2.28. The van der Waals surface area contributed by atoms with E-state index in [9.17, 15) is 9.59 Å². The van der Waals surface area contributed by atoms with Gasteiger partial charge in [-0.25, -0.2) is 4.98 Å². The number of nitrogens with one attached hydrogen (secondary N) is 2. The number of aromatic nitrogens is 1. The average Bonchev–Trinajstić information content (AvgIpc) is 3.54. The number of alkyl halides is 1. The van der Waals surface area contributed by atoms with Crippen LogP contribution in [0.15, 0.2) is 36.4 Å². The molecule has 150 valence electrons. The van der Waals surface area contributed by atoms with Crippen molar-refractivity contribution in [3.8, 4) is 6.07 Å². The first kappa shape index (κ1) is 20.8. The molecule has 0 radical (unpaired) electrons. The van der Waals surface area contributed by atoms with Gasteiger partial charge in [-0.2, -0.15) is 5.26 Å². The Bertz CT molecular complexity index is 953. The Balaban J connectivity index is 1.75. The van der Waals surface area contributed by atoms with Crippen molar-refractivity contribution in [1.29, 1.82) is 5.26 Å². The summed E-state index contributed by atoms with van der Waals surface area (Å²) < 4.78 is 5.17. The summed E-state index contributed by atoms with van der Waals surface area (Å²) in [6.07, 6.45) is 2.23. The van der Waals surface area contributed by atoms with Crippen molar-refractivity contribution >= 4 is 29.1 Å². The third kappa shape index (κ3) is 5.76. The second-order valence-corrected chi connectivity index (χ2v) is 7.26. The Hall–Kier alpha value is -2.95. The van der Waals surface area contributed by atoms with E-state index in [0.29, 0.717) is 29.4 Å². The van der Waals surface area contributed by atoms with Gasteiger partial charge in [-0.05, 0) is 55.5 Å². The summed E-state index contributed by atoms with van der Waals surface area (Å²) in [4.78, 5) is 29.6. The molecule has 0 bridgehead atoms. The molecule has 0 spiro atoms. The molecule has 3 rings (SSSR count). The summed E-state index contributed by atoms with van der Waals surface area (Å²) in [5, 5.41) is 14.2. The van der Waals surface area contributed by atoms with Crippen LogP contribution in [-0.4, -0.2) is 29.9 Å². The van der Waals surface area contributed by atoms with Crippen LogP contribution < -0.4 is 10.6 Å². The van der Waals surface area contributed by atoms with E-state index in [0.717, 1.165) is 12.8 Å². The number of hydrogen-bond acceptors (Lipinski definition) is 5. The predicted octanol–water partition coefficient (Wildman–Crippen LogP) is 3.56. The largest absolute Gasteiger partial charge is 0.350 e. The number of nitriles is 1. The Morgan fingerprint density at radius 1 is 1.31 bits per heavy atom. The summed E-state index contributed by atoms with van der Waals surface area (Å²) in [7, 11) is 0. The van der Waals surface area contributed by atoms with E-state index in [1.54, 1.807) is 43.3 Å². The molecule has 1 heterocycles. The molecule has 2 aromatic rings. The van der Waals surface area contributed by atoms with Crippen LogP contribution in [-0.2, 0) is 4.74 Å².